The molecule has 0 unspecified atom stereocenters. The van der Waals surface area contributed by atoms with Gasteiger partial charge in [-0.15, -0.1) is 0 Å². The van der Waals surface area contributed by atoms with Crippen LogP contribution in [0.25, 0.3) is 33.5 Å². The van der Waals surface area contributed by atoms with E-state index < -0.39 is 0 Å². The Bertz CT molecular complexity index is 1610. The molecule has 0 aliphatic heterocycles. The van der Waals surface area contributed by atoms with Crippen molar-refractivity contribution >= 4 is 59.9 Å². The van der Waals surface area contributed by atoms with E-state index >= 15 is 0 Å². The van der Waals surface area contributed by atoms with Gasteiger partial charge in [0.2, 0.25) is 5.82 Å². The number of furan rings is 1. The molecular formula is C25H17Br2N3O4. The van der Waals surface area contributed by atoms with Gasteiger partial charge in [-0.1, -0.05) is 30.3 Å². The van der Waals surface area contributed by atoms with Gasteiger partial charge in [-0.2, -0.15) is 9.78 Å². The second-order valence-corrected chi connectivity index (χ2v) is 8.88. The van der Waals surface area contributed by atoms with Gasteiger partial charge in [-0.05, 0) is 62.2 Å². The highest BCUT2D eigenvalue weighted by Crippen LogP contribution is 2.42. The number of hydrogen-bond acceptors (Lipinski definition) is 6. The summed E-state index contributed by atoms with van der Waals surface area (Å²) >= 11 is 7.08. The van der Waals surface area contributed by atoms with Crippen LogP contribution in [-0.2, 0) is 0 Å². The summed E-state index contributed by atoms with van der Waals surface area (Å²) in [7, 11) is 3.11. The van der Waals surface area contributed by atoms with Crippen molar-refractivity contribution in [3.05, 3.63) is 85.5 Å². The number of nitrogens with zero attached hydrogens (tertiary/aromatic N) is 3. The Morgan fingerprint density at radius 2 is 1.76 bits per heavy atom. The van der Waals surface area contributed by atoms with Gasteiger partial charge in [0.05, 0.1) is 35.8 Å². The molecule has 0 spiro atoms. The van der Waals surface area contributed by atoms with E-state index in [1.165, 1.54) is 4.68 Å². The van der Waals surface area contributed by atoms with E-state index in [4.69, 9.17) is 18.9 Å². The third-order valence-corrected chi connectivity index (χ3v) is 7.43. The molecule has 2 heterocycles. The first-order valence-electron chi connectivity index (χ1n) is 10.2. The van der Waals surface area contributed by atoms with E-state index in [0.717, 1.165) is 5.39 Å². The summed E-state index contributed by atoms with van der Waals surface area (Å²) in [5.41, 5.74) is 1.61. The number of aromatic nitrogens is 2. The monoisotopic (exact) mass is 581 g/mol. The molecule has 0 aliphatic rings. The number of rotatable bonds is 5. The Morgan fingerprint density at radius 1 is 1.00 bits per heavy atom. The largest absolute Gasteiger partial charge is 0.493 e. The molecular weight excluding hydrogens is 566 g/mol. The van der Waals surface area contributed by atoms with Crippen molar-refractivity contribution in [3.63, 3.8) is 0 Å². The van der Waals surface area contributed by atoms with Gasteiger partial charge in [0.15, 0.2) is 17.3 Å². The minimum Gasteiger partial charge on any atom is -0.493 e. The summed E-state index contributed by atoms with van der Waals surface area (Å²) < 4.78 is 19.5. The molecule has 0 aliphatic carbocycles. The lowest BCUT2D eigenvalue weighted by molar-refractivity contribution is 0.353. The molecule has 0 atom stereocenters. The van der Waals surface area contributed by atoms with Crippen LogP contribution >= 0.6 is 31.9 Å². The molecule has 0 fully saturated rings. The fraction of sp³-hybridized carbons (Fsp3) is 0.0800. The molecule has 0 amide bonds. The standard InChI is InChI=1S/C25H17Br2N3O4/c1-32-19-12-15(21(26)22(27)23(19)33-2)13-28-30-24(20-11-14-7-3-6-10-18(14)34-20)29-17-9-5-4-8-16(17)25(30)31/h3-13H,1-2H3. The summed E-state index contributed by atoms with van der Waals surface area (Å²) in [6, 6.07) is 18.4. The lowest BCUT2D eigenvalue weighted by atomic mass is 10.2. The lowest BCUT2D eigenvalue weighted by Crippen LogP contribution is -2.20. The Labute approximate surface area is 210 Å². The number of ether oxygens (including phenoxy) is 2. The van der Waals surface area contributed by atoms with Crippen molar-refractivity contribution in [1.82, 2.24) is 9.66 Å². The summed E-state index contributed by atoms with van der Waals surface area (Å²) in [6.45, 7) is 0. The van der Waals surface area contributed by atoms with E-state index in [0.29, 0.717) is 54.1 Å². The summed E-state index contributed by atoms with van der Waals surface area (Å²) in [6.07, 6.45) is 1.56. The van der Waals surface area contributed by atoms with Gasteiger partial charge in [-0.25, -0.2) is 4.98 Å². The van der Waals surface area contributed by atoms with Crippen molar-refractivity contribution in [2.75, 3.05) is 14.2 Å². The number of halogens is 2. The number of benzene rings is 3. The van der Waals surface area contributed by atoms with Gasteiger partial charge >= 0.3 is 0 Å². The van der Waals surface area contributed by atoms with E-state index in [-0.39, 0.29) is 5.56 Å². The zero-order chi connectivity index (χ0) is 23.8. The molecule has 0 radical (unpaired) electrons. The van der Waals surface area contributed by atoms with Crippen LogP contribution in [0.15, 0.2) is 83.9 Å². The predicted octanol–water partition coefficient (Wildman–Crippen LogP) is 6.23. The number of methoxy groups -OCH3 is 2. The smallest absolute Gasteiger partial charge is 0.282 e. The number of fused-ring (bicyclic) bond motifs is 2. The maximum absolute atomic E-state index is 13.4. The minimum atomic E-state index is -0.312. The molecule has 0 bridgehead atoms. The van der Waals surface area contributed by atoms with Gasteiger partial charge in [0, 0.05) is 15.4 Å². The molecule has 3 aromatic carbocycles. The molecule has 5 aromatic rings. The van der Waals surface area contributed by atoms with Crippen LogP contribution in [0.5, 0.6) is 11.5 Å². The summed E-state index contributed by atoms with van der Waals surface area (Å²) in [4.78, 5) is 18.1. The van der Waals surface area contributed by atoms with E-state index in [2.05, 4.69) is 37.0 Å². The molecule has 2 aromatic heterocycles. The van der Waals surface area contributed by atoms with Crippen LogP contribution in [0.4, 0.5) is 0 Å². The minimum absolute atomic E-state index is 0.298. The van der Waals surface area contributed by atoms with Crippen molar-refractivity contribution in [2.45, 2.75) is 0 Å². The van der Waals surface area contributed by atoms with Crippen molar-refractivity contribution in [2.24, 2.45) is 5.10 Å². The van der Waals surface area contributed by atoms with E-state index in [9.17, 15) is 4.79 Å². The van der Waals surface area contributed by atoms with Crippen molar-refractivity contribution in [3.8, 4) is 23.1 Å². The fourth-order valence-electron chi connectivity index (χ4n) is 3.64. The maximum atomic E-state index is 13.4. The van der Waals surface area contributed by atoms with Crippen LogP contribution < -0.4 is 15.0 Å². The number of para-hydroxylation sites is 2. The lowest BCUT2D eigenvalue weighted by Gasteiger charge is -2.13. The molecule has 0 N–H and O–H groups in total. The topological polar surface area (TPSA) is 78.9 Å². The Morgan fingerprint density at radius 3 is 2.53 bits per heavy atom. The van der Waals surface area contributed by atoms with Crippen molar-refractivity contribution < 1.29 is 13.9 Å². The summed E-state index contributed by atoms with van der Waals surface area (Å²) in [5, 5.41) is 5.87. The molecule has 0 saturated heterocycles. The molecule has 9 heteroatoms. The average Bonchev–Trinajstić information content (AvgIpc) is 3.29. The summed E-state index contributed by atoms with van der Waals surface area (Å²) in [5.74, 6) is 1.79. The Kier molecular flexibility index (Phi) is 5.97. The first-order valence-corrected chi connectivity index (χ1v) is 11.8. The third-order valence-electron chi connectivity index (χ3n) is 5.29. The average molecular weight is 583 g/mol. The molecule has 170 valence electrons. The highest BCUT2D eigenvalue weighted by molar-refractivity contribution is 9.13. The van der Waals surface area contributed by atoms with Crippen LogP contribution in [0, 0.1) is 0 Å². The van der Waals surface area contributed by atoms with Crippen LogP contribution in [0.3, 0.4) is 0 Å². The van der Waals surface area contributed by atoms with Crippen LogP contribution in [0.2, 0.25) is 0 Å². The second kappa shape index (κ2) is 9.08. The second-order valence-electron chi connectivity index (χ2n) is 7.29. The highest BCUT2D eigenvalue weighted by Gasteiger charge is 2.18. The van der Waals surface area contributed by atoms with Crippen LogP contribution in [-0.4, -0.2) is 30.1 Å². The number of hydrogen-bond donors (Lipinski definition) is 0. The Balaban J connectivity index is 1.73. The molecule has 34 heavy (non-hydrogen) atoms. The zero-order valence-electron chi connectivity index (χ0n) is 18.1. The van der Waals surface area contributed by atoms with Gasteiger partial charge in [-0.3, -0.25) is 4.79 Å². The predicted molar refractivity (Wildman–Crippen MR) is 139 cm³/mol. The molecule has 0 saturated carbocycles. The normalized spacial score (nSPS) is 11.5. The highest BCUT2D eigenvalue weighted by atomic mass is 79.9. The SMILES string of the molecule is COc1cc(C=Nn2c(-c3cc4ccccc4o3)nc3ccccc3c2=O)c(Br)c(Br)c1OC. The van der Waals surface area contributed by atoms with Gasteiger partial charge in [0.25, 0.3) is 5.56 Å². The van der Waals surface area contributed by atoms with E-state index in [1.54, 1.807) is 44.7 Å². The van der Waals surface area contributed by atoms with E-state index in [1.807, 2.05) is 36.4 Å². The van der Waals surface area contributed by atoms with Gasteiger partial charge in [0.1, 0.15) is 5.58 Å². The van der Waals surface area contributed by atoms with Gasteiger partial charge < -0.3 is 13.9 Å². The molecule has 7 nitrogen and oxygen atoms in total. The quantitative estimate of drug-likeness (QED) is 0.229. The first kappa shape index (κ1) is 22.4. The van der Waals surface area contributed by atoms with Crippen molar-refractivity contribution in [1.29, 1.82) is 0 Å². The molecule has 5 rings (SSSR count). The maximum Gasteiger partial charge on any atom is 0.282 e. The fourth-order valence-corrected chi connectivity index (χ4v) is 4.63. The first-order chi connectivity index (χ1) is 16.5. The zero-order valence-corrected chi connectivity index (χ0v) is 21.3. The third kappa shape index (κ3) is 3.80. The van der Waals surface area contributed by atoms with Crippen LogP contribution in [0.1, 0.15) is 5.56 Å². The Hall–Kier alpha value is -3.43.